The molecule has 0 radical (unpaired) electrons. The fourth-order valence-electron chi connectivity index (χ4n) is 1.71. The fourth-order valence-corrected chi connectivity index (χ4v) is 1.71. The molecule has 0 saturated carbocycles. The SMILES string of the molecule is Cc1cccnc1C(=O)Nc1ccc(CC#N)cc1. The third-order valence-electron chi connectivity index (χ3n) is 2.72. The van der Waals surface area contributed by atoms with Crippen LogP contribution < -0.4 is 5.32 Å². The summed E-state index contributed by atoms with van der Waals surface area (Å²) in [5.74, 6) is -0.230. The highest BCUT2D eigenvalue weighted by atomic mass is 16.1. The van der Waals surface area contributed by atoms with Gasteiger partial charge in [0.15, 0.2) is 0 Å². The van der Waals surface area contributed by atoms with Crippen molar-refractivity contribution in [1.29, 1.82) is 5.26 Å². The summed E-state index contributed by atoms with van der Waals surface area (Å²) in [6, 6.07) is 12.9. The minimum atomic E-state index is -0.230. The van der Waals surface area contributed by atoms with Crippen LogP contribution in [-0.4, -0.2) is 10.9 Å². The van der Waals surface area contributed by atoms with Gasteiger partial charge in [-0.25, -0.2) is 0 Å². The van der Waals surface area contributed by atoms with Gasteiger partial charge in [-0.2, -0.15) is 5.26 Å². The number of pyridine rings is 1. The molecule has 4 heteroatoms. The van der Waals surface area contributed by atoms with Crippen molar-refractivity contribution in [1.82, 2.24) is 4.98 Å². The van der Waals surface area contributed by atoms with Crippen LogP contribution in [-0.2, 0) is 6.42 Å². The van der Waals surface area contributed by atoms with Crippen molar-refractivity contribution >= 4 is 11.6 Å². The number of nitrogens with zero attached hydrogens (tertiary/aromatic N) is 2. The molecule has 0 saturated heterocycles. The molecule has 0 fully saturated rings. The molecule has 0 spiro atoms. The van der Waals surface area contributed by atoms with Crippen molar-refractivity contribution in [2.24, 2.45) is 0 Å². The molecule has 2 aromatic rings. The lowest BCUT2D eigenvalue weighted by molar-refractivity contribution is 0.102. The average molecular weight is 251 g/mol. The normalized spacial score (nSPS) is 9.68. The number of aromatic nitrogens is 1. The van der Waals surface area contributed by atoms with E-state index >= 15 is 0 Å². The highest BCUT2D eigenvalue weighted by Crippen LogP contribution is 2.12. The Morgan fingerprint density at radius 3 is 2.68 bits per heavy atom. The molecule has 0 unspecified atom stereocenters. The summed E-state index contributed by atoms with van der Waals surface area (Å²) in [6.07, 6.45) is 1.96. The zero-order valence-corrected chi connectivity index (χ0v) is 10.6. The molecule has 1 aromatic carbocycles. The maximum atomic E-state index is 12.0. The van der Waals surface area contributed by atoms with E-state index in [1.165, 1.54) is 0 Å². The van der Waals surface area contributed by atoms with Gasteiger partial charge in [-0.3, -0.25) is 9.78 Å². The Bertz CT molecular complexity index is 627. The van der Waals surface area contributed by atoms with Crippen LogP contribution in [0.25, 0.3) is 0 Å². The molecule has 0 aliphatic heterocycles. The van der Waals surface area contributed by atoms with E-state index < -0.39 is 0 Å². The molecule has 2 rings (SSSR count). The van der Waals surface area contributed by atoms with Crippen LogP contribution in [0.3, 0.4) is 0 Å². The van der Waals surface area contributed by atoms with Crippen molar-refractivity contribution in [3.05, 3.63) is 59.4 Å². The number of nitriles is 1. The molecule has 0 bridgehead atoms. The Hall–Kier alpha value is -2.67. The van der Waals surface area contributed by atoms with Gasteiger partial charge in [0.05, 0.1) is 12.5 Å². The van der Waals surface area contributed by atoms with E-state index in [1.54, 1.807) is 24.4 Å². The largest absolute Gasteiger partial charge is 0.321 e. The summed E-state index contributed by atoms with van der Waals surface area (Å²) in [5.41, 5.74) is 2.87. The van der Waals surface area contributed by atoms with Crippen molar-refractivity contribution in [2.75, 3.05) is 5.32 Å². The number of anilines is 1. The van der Waals surface area contributed by atoms with Gasteiger partial charge in [0.25, 0.3) is 5.91 Å². The van der Waals surface area contributed by atoms with Crippen LogP contribution >= 0.6 is 0 Å². The standard InChI is InChI=1S/C15H13N3O/c1-11-3-2-10-17-14(11)15(19)18-13-6-4-12(5-7-13)8-9-16/h2-7,10H,8H2,1H3,(H,18,19). The molecule has 0 atom stereocenters. The first-order valence-corrected chi connectivity index (χ1v) is 5.89. The fraction of sp³-hybridized carbons (Fsp3) is 0.133. The molecule has 4 nitrogen and oxygen atoms in total. The van der Waals surface area contributed by atoms with Crippen molar-refractivity contribution in [2.45, 2.75) is 13.3 Å². The average Bonchev–Trinajstić information content (AvgIpc) is 2.42. The van der Waals surface area contributed by atoms with Gasteiger partial charge in [-0.15, -0.1) is 0 Å². The lowest BCUT2D eigenvalue weighted by Gasteiger charge is -2.06. The van der Waals surface area contributed by atoms with Gasteiger partial charge in [0.2, 0.25) is 0 Å². The molecule has 19 heavy (non-hydrogen) atoms. The Balaban J connectivity index is 2.11. The number of benzene rings is 1. The van der Waals surface area contributed by atoms with Crippen molar-refractivity contribution in [3.8, 4) is 6.07 Å². The highest BCUT2D eigenvalue weighted by molar-refractivity contribution is 6.03. The summed E-state index contributed by atoms with van der Waals surface area (Å²) < 4.78 is 0. The van der Waals surface area contributed by atoms with E-state index in [0.29, 0.717) is 17.8 Å². The number of hydrogen-bond acceptors (Lipinski definition) is 3. The molecule has 0 aliphatic rings. The van der Waals surface area contributed by atoms with Crippen LogP contribution in [0.4, 0.5) is 5.69 Å². The third-order valence-corrected chi connectivity index (χ3v) is 2.72. The highest BCUT2D eigenvalue weighted by Gasteiger charge is 2.09. The van der Waals surface area contributed by atoms with Crippen LogP contribution in [0.15, 0.2) is 42.6 Å². The monoisotopic (exact) mass is 251 g/mol. The predicted molar refractivity (Wildman–Crippen MR) is 72.7 cm³/mol. The van der Waals surface area contributed by atoms with Gasteiger partial charge in [-0.1, -0.05) is 18.2 Å². The van der Waals surface area contributed by atoms with Crippen LogP contribution in [0.2, 0.25) is 0 Å². The summed E-state index contributed by atoms with van der Waals surface area (Å²) >= 11 is 0. The first kappa shape index (κ1) is 12.8. The minimum Gasteiger partial charge on any atom is -0.321 e. The van der Waals surface area contributed by atoms with E-state index in [0.717, 1.165) is 11.1 Å². The van der Waals surface area contributed by atoms with E-state index in [9.17, 15) is 4.79 Å². The van der Waals surface area contributed by atoms with Crippen LogP contribution in [0.5, 0.6) is 0 Å². The third kappa shape index (κ3) is 3.17. The van der Waals surface area contributed by atoms with Crippen LogP contribution in [0.1, 0.15) is 21.6 Å². The second-order valence-corrected chi connectivity index (χ2v) is 4.15. The Morgan fingerprint density at radius 2 is 2.05 bits per heavy atom. The van der Waals surface area contributed by atoms with E-state index in [2.05, 4.69) is 16.4 Å². The zero-order chi connectivity index (χ0) is 13.7. The van der Waals surface area contributed by atoms with Crippen molar-refractivity contribution in [3.63, 3.8) is 0 Å². The molecule has 1 aromatic heterocycles. The Kier molecular flexibility index (Phi) is 3.89. The maximum Gasteiger partial charge on any atom is 0.274 e. The minimum absolute atomic E-state index is 0.230. The van der Waals surface area contributed by atoms with Gasteiger partial charge in [0.1, 0.15) is 5.69 Å². The quantitative estimate of drug-likeness (QED) is 0.912. The summed E-state index contributed by atoms with van der Waals surface area (Å²) in [4.78, 5) is 16.1. The summed E-state index contributed by atoms with van der Waals surface area (Å²) in [5, 5.41) is 11.4. The van der Waals surface area contributed by atoms with Crippen molar-refractivity contribution < 1.29 is 4.79 Å². The zero-order valence-electron chi connectivity index (χ0n) is 10.6. The van der Waals surface area contributed by atoms with E-state index in [1.807, 2.05) is 25.1 Å². The molecule has 0 aliphatic carbocycles. The lowest BCUT2D eigenvalue weighted by atomic mass is 10.1. The maximum absolute atomic E-state index is 12.0. The second kappa shape index (κ2) is 5.78. The molecule has 1 heterocycles. The van der Waals surface area contributed by atoms with Gasteiger partial charge >= 0.3 is 0 Å². The molecule has 1 N–H and O–H groups in total. The van der Waals surface area contributed by atoms with E-state index in [-0.39, 0.29) is 5.91 Å². The number of nitrogens with one attached hydrogen (secondary N) is 1. The number of hydrogen-bond donors (Lipinski definition) is 1. The first-order chi connectivity index (χ1) is 9.20. The number of amides is 1. The first-order valence-electron chi connectivity index (χ1n) is 5.89. The Labute approximate surface area is 111 Å². The van der Waals surface area contributed by atoms with Gasteiger partial charge < -0.3 is 5.32 Å². The van der Waals surface area contributed by atoms with E-state index in [4.69, 9.17) is 5.26 Å². The molecular weight excluding hydrogens is 238 g/mol. The number of carbonyl (C=O) groups is 1. The molecule has 1 amide bonds. The number of carbonyl (C=O) groups excluding carboxylic acids is 1. The summed E-state index contributed by atoms with van der Waals surface area (Å²) in [6.45, 7) is 1.85. The van der Waals surface area contributed by atoms with Crippen LogP contribution in [0, 0.1) is 18.3 Å². The molecule has 94 valence electrons. The predicted octanol–water partition coefficient (Wildman–Crippen LogP) is 2.71. The second-order valence-electron chi connectivity index (χ2n) is 4.15. The molecular formula is C15H13N3O. The van der Waals surface area contributed by atoms with Gasteiger partial charge in [0, 0.05) is 11.9 Å². The van der Waals surface area contributed by atoms with Gasteiger partial charge in [-0.05, 0) is 36.2 Å². The number of rotatable bonds is 3. The summed E-state index contributed by atoms with van der Waals surface area (Å²) in [7, 11) is 0. The topological polar surface area (TPSA) is 65.8 Å². The smallest absolute Gasteiger partial charge is 0.274 e. The Morgan fingerprint density at radius 1 is 1.32 bits per heavy atom. The number of aryl methyl sites for hydroxylation is 1. The lowest BCUT2D eigenvalue weighted by Crippen LogP contribution is -2.15.